The van der Waals surface area contributed by atoms with Gasteiger partial charge in [-0.1, -0.05) is 127 Å². The van der Waals surface area contributed by atoms with Crippen molar-refractivity contribution in [3.05, 3.63) is 152 Å². The number of hydrogen-bond acceptors (Lipinski definition) is 4. The van der Waals surface area contributed by atoms with Crippen LogP contribution < -0.4 is 0 Å². The summed E-state index contributed by atoms with van der Waals surface area (Å²) in [7, 11) is 0. The van der Waals surface area contributed by atoms with E-state index in [1.54, 1.807) is 0 Å². The quantitative estimate of drug-likeness (QED) is 0.190. The van der Waals surface area contributed by atoms with E-state index in [9.17, 15) is 0 Å². The average molecular weight is 600 g/mol. The van der Waals surface area contributed by atoms with E-state index in [1.807, 2.05) is 30.3 Å². The molecule has 10 aromatic rings. The molecule has 218 valence electrons. The highest BCUT2D eigenvalue weighted by Crippen LogP contribution is 2.40. The Bertz CT molecular complexity index is 2870. The lowest BCUT2D eigenvalue weighted by Gasteiger charge is -2.14. The first-order valence-corrected chi connectivity index (χ1v) is 15.8. The molecule has 0 saturated carbocycles. The molecule has 0 amide bonds. The molecule has 0 radical (unpaired) electrons. The lowest BCUT2D eigenvalue weighted by molar-refractivity contribution is 0.669. The molecule has 0 spiro atoms. The van der Waals surface area contributed by atoms with Crippen LogP contribution in [0.25, 0.3) is 99.2 Å². The highest BCUT2D eigenvalue weighted by Gasteiger charge is 2.20. The molecule has 0 unspecified atom stereocenters. The average Bonchev–Trinajstić information content (AvgIpc) is 3.53. The molecule has 0 saturated heterocycles. The summed E-state index contributed by atoms with van der Waals surface area (Å²) in [4.78, 5) is 15.7. The smallest absolute Gasteiger partial charge is 0.164 e. The van der Waals surface area contributed by atoms with E-state index in [-0.39, 0.29) is 0 Å². The van der Waals surface area contributed by atoms with Crippen molar-refractivity contribution in [3.63, 3.8) is 0 Å². The Morgan fingerprint density at radius 2 is 0.957 bits per heavy atom. The molecule has 4 heteroatoms. The maximum absolute atomic E-state index is 6.27. The van der Waals surface area contributed by atoms with Crippen molar-refractivity contribution in [2.45, 2.75) is 0 Å². The van der Waals surface area contributed by atoms with Crippen molar-refractivity contribution in [3.8, 4) is 34.2 Å². The van der Waals surface area contributed by atoms with E-state index < -0.39 is 0 Å². The molecule has 2 heterocycles. The fraction of sp³-hybridized carbons (Fsp3) is 0. The number of fused-ring (bicyclic) bond motifs is 9. The van der Waals surface area contributed by atoms with Crippen LogP contribution in [0, 0.1) is 0 Å². The highest BCUT2D eigenvalue weighted by atomic mass is 16.3. The Kier molecular flexibility index (Phi) is 5.54. The number of rotatable bonds is 3. The van der Waals surface area contributed by atoms with Gasteiger partial charge in [0.1, 0.15) is 11.2 Å². The normalized spacial score (nSPS) is 11.8. The van der Waals surface area contributed by atoms with Gasteiger partial charge in [0.25, 0.3) is 0 Å². The molecule has 4 nitrogen and oxygen atoms in total. The van der Waals surface area contributed by atoms with Gasteiger partial charge in [0, 0.05) is 27.5 Å². The topological polar surface area (TPSA) is 51.8 Å². The molecule has 0 aliphatic heterocycles. The van der Waals surface area contributed by atoms with Gasteiger partial charge in [-0.05, 0) is 67.4 Å². The molecular formula is C43H25N3O. The van der Waals surface area contributed by atoms with Gasteiger partial charge in [-0.2, -0.15) is 0 Å². The van der Waals surface area contributed by atoms with E-state index in [1.165, 1.54) is 32.3 Å². The zero-order valence-corrected chi connectivity index (χ0v) is 25.2. The first-order chi connectivity index (χ1) is 23.3. The van der Waals surface area contributed by atoms with Gasteiger partial charge >= 0.3 is 0 Å². The molecule has 0 aliphatic carbocycles. The van der Waals surface area contributed by atoms with Gasteiger partial charge in [-0.25, -0.2) is 15.0 Å². The van der Waals surface area contributed by atoms with Crippen molar-refractivity contribution in [1.82, 2.24) is 15.0 Å². The van der Waals surface area contributed by atoms with Crippen LogP contribution in [-0.4, -0.2) is 15.0 Å². The van der Waals surface area contributed by atoms with Crippen LogP contribution in [0.1, 0.15) is 0 Å². The molecule has 47 heavy (non-hydrogen) atoms. The number of nitrogens with zero attached hydrogens (tertiary/aromatic N) is 3. The molecule has 0 fully saturated rings. The summed E-state index contributed by atoms with van der Waals surface area (Å²) in [6.07, 6.45) is 0. The second-order valence-electron chi connectivity index (χ2n) is 12.0. The number of aromatic nitrogens is 3. The Balaban J connectivity index is 1.31. The Morgan fingerprint density at radius 3 is 1.83 bits per heavy atom. The minimum atomic E-state index is 0.609. The zero-order chi connectivity index (χ0) is 30.9. The molecule has 0 aliphatic rings. The van der Waals surface area contributed by atoms with Gasteiger partial charge in [-0.15, -0.1) is 0 Å². The minimum Gasteiger partial charge on any atom is -0.456 e. The lowest BCUT2D eigenvalue weighted by atomic mass is 9.93. The first kappa shape index (κ1) is 25.9. The SMILES string of the molecule is c1ccc2cc(-c3nc(-c4cc5c6ccccc6ccc5c5ccccc45)nc(-c4cccc5oc6ccccc6c45)n3)ccc2c1. The number of para-hydroxylation sites is 1. The van der Waals surface area contributed by atoms with Gasteiger partial charge in [-0.3, -0.25) is 0 Å². The van der Waals surface area contributed by atoms with E-state index in [0.717, 1.165) is 49.4 Å². The number of furan rings is 1. The monoisotopic (exact) mass is 599 g/mol. The fourth-order valence-electron chi connectivity index (χ4n) is 7.08. The predicted molar refractivity (Wildman–Crippen MR) is 193 cm³/mol. The van der Waals surface area contributed by atoms with Crippen LogP contribution in [0.3, 0.4) is 0 Å². The van der Waals surface area contributed by atoms with Crippen LogP contribution in [0.2, 0.25) is 0 Å². The van der Waals surface area contributed by atoms with Crippen LogP contribution in [0.4, 0.5) is 0 Å². The van der Waals surface area contributed by atoms with E-state index in [4.69, 9.17) is 19.4 Å². The molecule has 0 N–H and O–H groups in total. The standard InChI is InChI=1S/C43H25N3O/c1-2-12-28-24-29(21-20-26(28)10-1)41-44-42(35-17-9-19-39-40(35)34-16-7-8-18-38(34)47-39)46-43(45-41)37-25-36-30-13-4-3-11-27(30)22-23-33(36)31-14-5-6-15-32(31)37/h1-25H. The van der Waals surface area contributed by atoms with Gasteiger partial charge in [0.2, 0.25) is 0 Å². The summed E-state index contributed by atoms with van der Waals surface area (Å²) in [6, 6.07) is 52.8. The molecule has 2 aromatic heterocycles. The summed E-state index contributed by atoms with van der Waals surface area (Å²) in [6.45, 7) is 0. The van der Waals surface area contributed by atoms with E-state index in [0.29, 0.717) is 17.5 Å². The van der Waals surface area contributed by atoms with Gasteiger partial charge in [0.15, 0.2) is 17.5 Å². The summed E-state index contributed by atoms with van der Waals surface area (Å²) >= 11 is 0. The summed E-state index contributed by atoms with van der Waals surface area (Å²) in [5.74, 6) is 1.87. The van der Waals surface area contributed by atoms with Crippen molar-refractivity contribution >= 4 is 65.0 Å². The highest BCUT2D eigenvalue weighted by molar-refractivity contribution is 6.20. The van der Waals surface area contributed by atoms with E-state index in [2.05, 4.69) is 121 Å². The van der Waals surface area contributed by atoms with Crippen molar-refractivity contribution < 1.29 is 4.42 Å². The maximum Gasteiger partial charge on any atom is 0.164 e. The van der Waals surface area contributed by atoms with E-state index >= 15 is 0 Å². The Hall–Kier alpha value is -6.39. The Labute approximate surface area is 269 Å². The van der Waals surface area contributed by atoms with Crippen LogP contribution >= 0.6 is 0 Å². The van der Waals surface area contributed by atoms with Crippen molar-refractivity contribution in [1.29, 1.82) is 0 Å². The van der Waals surface area contributed by atoms with Gasteiger partial charge in [0.05, 0.1) is 0 Å². The summed E-state index contributed by atoms with van der Waals surface area (Å²) < 4.78 is 6.27. The molecule has 10 rings (SSSR count). The van der Waals surface area contributed by atoms with Crippen LogP contribution in [0.15, 0.2) is 156 Å². The van der Waals surface area contributed by atoms with Crippen molar-refractivity contribution in [2.75, 3.05) is 0 Å². The molecule has 0 atom stereocenters. The predicted octanol–water partition coefficient (Wildman–Crippen LogP) is 11.4. The molecular weight excluding hydrogens is 574 g/mol. The third-order valence-corrected chi connectivity index (χ3v) is 9.29. The summed E-state index contributed by atoms with van der Waals surface area (Å²) in [5, 5.41) is 11.4. The minimum absolute atomic E-state index is 0.609. The second kappa shape index (κ2) is 10.1. The number of hydrogen-bond donors (Lipinski definition) is 0. The summed E-state index contributed by atoms with van der Waals surface area (Å²) in [5.41, 5.74) is 4.47. The molecule has 0 bridgehead atoms. The van der Waals surface area contributed by atoms with Crippen LogP contribution in [-0.2, 0) is 0 Å². The zero-order valence-electron chi connectivity index (χ0n) is 25.2. The van der Waals surface area contributed by atoms with Crippen LogP contribution in [0.5, 0.6) is 0 Å². The second-order valence-corrected chi connectivity index (χ2v) is 12.0. The fourth-order valence-corrected chi connectivity index (χ4v) is 7.08. The lowest BCUT2D eigenvalue weighted by Crippen LogP contribution is -2.01. The first-order valence-electron chi connectivity index (χ1n) is 15.8. The third-order valence-electron chi connectivity index (χ3n) is 9.29. The molecule has 8 aromatic carbocycles. The number of benzene rings is 8. The van der Waals surface area contributed by atoms with Crippen molar-refractivity contribution in [2.24, 2.45) is 0 Å². The van der Waals surface area contributed by atoms with Gasteiger partial charge < -0.3 is 4.42 Å². The maximum atomic E-state index is 6.27. The Morgan fingerprint density at radius 1 is 0.340 bits per heavy atom. The third kappa shape index (κ3) is 4.05. The largest absolute Gasteiger partial charge is 0.456 e.